The summed E-state index contributed by atoms with van der Waals surface area (Å²) in [5, 5.41) is 20.8. The van der Waals surface area contributed by atoms with E-state index in [1.807, 2.05) is 72.3 Å². The van der Waals surface area contributed by atoms with Crippen molar-refractivity contribution in [2.24, 2.45) is 5.10 Å². The largest absolute Gasteiger partial charge is 0.497 e. The van der Waals surface area contributed by atoms with Gasteiger partial charge in [0.1, 0.15) is 5.75 Å². The van der Waals surface area contributed by atoms with Gasteiger partial charge in [-0.3, -0.25) is 14.2 Å². The molecule has 1 aliphatic rings. The first kappa shape index (κ1) is 33.7. The van der Waals surface area contributed by atoms with Crippen LogP contribution in [-0.4, -0.2) is 64.4 Å². The molecule has 6 rings (SSSR count). The zero-order valence-electron chi connectivity index (χ0n) is 27.8. The summed E-state index contributed by atoms with van der Waals surface area (Å²) in [5.74, 6) is 1.94. The number of thiophene rings is 1. The fourth-order valence-electron chi connectivity index (χ4n) is 5.67. The van der Waals surface area contributed by atoms with Gasteiger partial charge in [-0.2, -0.15) is 5.10 Å². The van der Waals surface area contributed by atoms with E-state index in [2.05, 4.69) is 15.5 Å². The predicted octanol–water partition coefficient (Wildman–Crippen LogP) is 6.37. The number of hydrogen-bond donors (Lipinski definition) is 1. The number of amides is 2. The summed E-state index contributed by atoms with van der Waals surface area (Å²) in [6.45, 7) is 4.19. The molecule has 1 atom stereocenters. The molecule has 13 heteroatoms. The van der Waals surface area contributed by atoms with Crippen molar-refractivity contribution in [3.05, 3.63) is 111 Å². The van der Waals surface area contributed by atoms with Crippen LogP contribution in [0.1, 0.15) is 50.2 Å². The minimum atomic E-state index is -0.393. The summed E-state index contributed by atoms with van der Waals surface area (Å²) < 4.78 is 18.4. The number of nitrogens with zero attached hydrogens (tertiary/aromatic N) is 5. The molecule has 49 heavy (non-hydrogen) atoms. The Morgan fingerprint density at radius 2 is 1.73 bits per heavy atom. The van der Waals surface area contributed by atoms with Crippen LogP contribution in [0.3, 0.4) is 0 Å². The number of rotatable bonds is 12. The molecule has 0 radical (unpaired) electrons. The van der Waals surface area contributed by atoms with Crippen molar-refractivity contribution in [2.75, 3.05) is 27.1 Å². The zero-order chi connectivity index (χ0) is 34.5. The first-order valence-corrected chi connectivity index (χ1v) is 17.4. The third-order valence-corrected chi connectivity index (χ3v) is 10.2. The number of benzene rings is 3. The highest BCUT2D eigenvalue weighted by Gasteiger charge is 2.36. The summed E-state index contributed by atoms with van der Waals surface area (Å²) in [4.78, 5) is 28.1. The molecule has 2 aromatic heterocycles. The summed E-state index contributed by atoms with van der Waals surface area (Å²) in [6.07, 6.45) is 0.525. The van der Waals surface area contributed by atoms with E-state index in [9.17, 15) is 9.59 Å². The number of aryl methyl sites for hydroxylation is 1. The number of nitrogens with one attached hydrogen (secondary N) is 1. The normalized spacial score (nSPS) is 14.0. The minimum absolute atomic E-state index is 0.0468. The highest BCUT2D eigenvalue weighted by molar-refractivity contribution is 7.99. The van der Waals surface area contributed by atoms with Crippen LogP contribution in [-0.2, 0) is 11.3 Å². The van der Waals surface area contributed by atoms with Gasteiger partial charge in [0.2, 0.25) is 0 Å². The molecule has 0 saturated carbocycles. The van der Waals surface area contributed by atoms with Crippen molar-refractivity contribution in [3.8, 4) is 22.9 Å². The standard InChI is InChI=1S/C36H36N6O5S2/c1-22-9-6-11-28(23(22)2)41-32(20-37-35(44)24-14-16-25(45-3)17-15-24)38-39-36(41)49-21-33(43)42-29(19-27(40-42)31-13-8-18-48-31)26-10-7-12-30(46-4)34(26)47-5/h6-18,29H,19-21H2,1-5H3,(H,37,44)/t29-/m1/s1. The molecule has 252 valence electrons. The Morgan fingerprint density at radius 3 is 2.45 bits per heavy atom. The maximum atomic E-state index is 14.1. The second kappa shape index (κ2) is 15.0. The fraction of sp³-hybridized carbons (Fsp3) is 0.250. The molecule has 2 amide bonds. The van der Waals surface area contributed by atoms with Crippen molar-refractivity contribution in [2.45, 2.75) is 38.0 Å². The predicted molar refractivity (Wildman–Crippen MR) is 190 cm³/mol. The van der Waals surface area contributed by atoms with Gasteiger partial charge < -0.3 is 19.5 Å². The molecule has 1 N–H and O–H groups in total. The first-order chi connectivity index (χ1) is 23.8. The number of carbonyl (C=O) groups is 2. The molecule has 0 fully saturated rings. The first-order valence-electron chi connectivity index (χ1n) is 15.5. The number of hydrazone groups is 1. The highest BCUT2D eigenvalue weighted by atomic mass is 32.2. The molecule has 5 aromatic rings. The number of thioether (sulfide) groups is 1. The Morgan fingerprint density at radius 1 is 0.939 bits per heavy atom. The number of hydrogen-bond acceptors (Lipinski definition) is 10. The van der Waals surface area contributed by atoms with Crippen LogP contribution in [0.25, 0.3) is 5.69 Å². The lowest BCUT2D eigenvalue weighted by Gasteiger charge is -2.24. The van der Waals surface area contributed by atoms with E-state index < -0.39 is 6.04 Å². The number of carbonyl (C=O) groups excluding carboxylic acids is 2. The Balaban J connectivity index is 1.28. The van der Waals surface area contributed by atoms with Crippen LogP contribution >= 0.6 is 23.1 Å². The summed E-state index contributed by atoms with van der Waals surface area (Å²) >= 11 is 2.85. The molecule has 0 aliphatic carbocycles. The van der Waals surface area contributed by atoms with Gasteiger partial charge in [0.05, 0.1) is 55.9 Å². The number of aromatic nitrogens is 3. The molecule has 0 bridgehead atoms. The van der Waals surface area contributed by atoms with Crippen LogP contribution in [0.15, 0.2) is 88.4 Å². The second-order valence-corrected chi connectivity index (χ2v) is 13.1. The second-order valence-electron chi connectivity index (χ2n) is 11.2. The number of ether oxygens (including phenoxy) is 3. The van der Waals surface area contributed by atoms with Crippen LogP contribution in [0.5, 0.6) is 17.2 Å². The summed E-state index contributed by atoms with van der Waals surface area (Å²) in [5.41, 5.74) is 5.13. The van der Waals surface area contributed by atoms with Gasteiger partial charge in [0.15, 0.2) is 22.5 Å². The van der Waals surface area contributed by atoms with Crippen LogP contribution in [0.2, 0.25) is 0 Å². The average Bonchev–Trinajstić information content (AvgIpc) is 3.91. The molecule has 0 unspecified atom stereocenters. The van der Waals surface area contributed by atoms with Crippen LogP contribution in [0, 0.1) is 13.8 Å². The van der Waals surface area contributed by atoms with Crippen molar-refractivity contribution in [1.29, 1.82) is 0 Å². The SMILES string of the molecule is COc1ccc(C(=O)NCc2nnc(SCC(=O)N3N=C(c4cccs4)C[C@@H]3c3cccc(OC)c3OC)n2-c2cccc(C)c2C)cc1. The summed E-state index contributed by atoms with van der Waals surface area (Å²) in [6, 6.07) is 22.1. The highest BCUT2D eigenvalue weighted by Crippen LogP contribution is 2.42. The van der Waals surface area contributed by atoms with E-state index in [-0.39, 0.29) is 24.1 Å². The fourth-order valence-corrected chi connectivity index (χ4v) is 7.21. The topological polar surface area (TPSA) is 120 Å². The maximum absolute atomic E-state index is 14.1. The number of para-hydroxylation sites is 1. The Bertz CT molecular complexity index is 1990. The van der Waals surface area contributed by atoms with E-state index in [1.54, 1.807) is 61.9 Å². The van der Waals surface area contributed by atoms with E-state index in [0.717, 1.165) is 33.0 Å². The molecule has 11 nitrogen and oxygen atoms in total. The monoisotopic (exact) mass is 696 g/mol. The third-order valence-electron chi connectivity index (χ3n) is 8.37. The van der Waals surface area contributed by atoms with E-state index in [1.165, 1.54) is 11.8 Å². The van der Waals surface area contributed by atoms with Gasteiger partial charge in [-0.05, 0) is 72.8 Å². The minimum Gasteiger partial charge on any atom is -0.497 e. The smallest absolute Gasteiger partial charge is 0.253 e. The number of methoxy groups -OCH3 is 3. The molecular weight excluding hydrogens is 661 g/mol. The van der Waals surface area contributed by atoms with Crippen LogP contribution < -0.4 is 19.5 Å². The zero-order valence-corrected chi connectivity index (χ0v) is 29.4. The molecule has 1 aliphatic heterocycles. The van der Waals surface area contributed by atoms with E-state index in [0.29, 0.717) is 40.2 Å². The molecule has 0 spiro atoms. The lowest BCUT2D eigenvalue weighted by atomic mass is 9.99. The third kappa shape index (κ3) is 7.03. The van der Waals surface area contributed by atoms with Gasteiger partial charge in [-0.15, -0.1) is 21.5 Å². The van der Waals surface area contributed by atoms with Gasteiger partial charge in [-0.25, -0.2) is 5.01 Å². The van der Waals surface area contributed by atoms with E-state index >= 15 is 0 Å². The quantitative estimate of drug-likeness (QED) is 0.150. The van der Waals surface area contributed by atoms with Crippen LogP contribution in [0.4, 0.5) is 0 Å². The Hall–Kier alpha value is -5.14. The van der Waals surface area contributed by atoms with E-state index in [4.69, 9.17) is 19.3 Å². The van der Waals surface area contributed by atoms with Gasteiger partial charge >= 0.3 is 0 Å². The van der Waals surface area contributed by atoms with Crippen molar-refractivity contribution < 1.29 is 23.8 Å². The molecule has 3 aromatic carbocycles. The maximum Gasteiger partial charge on any atom is 0.253 e. The molecular formula is C36H36N6O5S2. The van der Waals surface area contributed by atoms with Crippen molar-refractivity contribution in [1.82, 2.24) is 25.1 Å². The molecule has 3 heterocycles. The molecule has 0 saturated heterocycles. The Labute approximate surface area is 292 Å². The van der Waals surface area contributed by atoms with Gasteiger partial charge in [-0.1, -0.05) is 42.1 Å². The average molecular weight is 697 g/mol. The Kier molecular flexibility index (Phi) is 10.3. The van der Waals surface area contributed by atoms with Gasteiger partial charge in [0.25, 0.3) is 11.8 Å². The lowest BCUT2D eigenvalue weighted by Crippen LogP contribution is -2.29. The lowest BCUT2D eigenvalue weighted by molar-refractivity contribution is -0.130. The van der Waals surface area contributed by atoms with Crippen molar-refractivity contribution >= 4 is 40.6 Å². The van der Waals surface area contributed by atoms with Crippen molar-refractivity contribution in [3.63, 3.8) is 0 Å². The van der Waals surface area contributed by atoms with Gasteiger partial charge in [0, 0.05) is 17.5 Å². The summed E-state index contributed by atoms with van der Waals surface area (Å²) in [7, 11) is 4.76.